The maximum Gasteiger partial charge on any atom is 0.338 e. The number of nitrogens with zero attached hydrogens (tertiary/aromatic N) is 2. The molecule has 0 saturated carbocycles. The standard InChI is InChI=1S/C33H32N2O7S/c1-6-39-31(37)23-10-8-9-22(17-23)26-16-15-25(42-26)18-27-30(36)35-29(21-11-13-24(14-12-21)41-19(3)4)28(32(38)40-7-2)20(5)34-33(35)43-27/h8-19,29H,6-7H2,1-5H3/b27-18-/t29-/m1/s1. The number of benzene rings is 2. The Balaban J connectivity index is 1.56. The third-order valence-electron chi connectivity index (χ3n) is 6.64. The SMILES string of the molecule is CCOC(=O)C1=C(C)N=c2s/c(=C\c3ccc(-c4cccc(C(=O)OCC)c4)o3)c(=O)n2[C@@H]1c1ccc(OC(C)C)cc1. The summed E-state index contributed by atoms with van der Waals surface area (Å²) in [5, 5.41) is 0. The van der Waals surface area contributed by atoms with E-state index in [9.17, 15) is 14.4 Å². The number of thiazole rings is 1. The zero-order valence-corrected chi connectivity index (χ0v) is 25.4. The number of fused-ring (bicyclic) bond motifs is 1. The van der Waals surface area contributed by atoms with Crippen molar-refractivity contribution < 1.29 is 28.2 Å². The molecule has 2 aromatic carbocycles. The summed E-state index contributed by atoms with van der Waals surface area (Å²) in [6.45, 7) is 9.60. The Kier molecular flexibility index (Phi) is 8.77. The largest absolute Gasteiger partial charge is 0.491 e. The Hall–Kier alpha value is -4.70. The van der Waals surface area contributed by atoms with Gasteiger partial charge in [0.2, 0.25) is 0 Å². The van der Waals surface area contributed by atoms with E-state index >= 15 is 0 Å². The van der Waals surface area contributed by atoms with Gasteiger partial charge in [-0.05, 0) is 76.6 Å². The highest BCUT2D eigenvalue weighted by molar-refractivity contribution is 7.07. The first-order valence-electron chi connectivity index (χ1n) is 14.0. The van der Waals surface area contributed by atoms with E-state index in [1.54, 1.807) is 57.2 Å². The zero-order chi connectivity index (χ0) is 30.7. The van der Waals surface area contributed by atoms with Gasteiger partial charge < -0.3 is 18.6 Å². The Morgan fingerprint density at radius 1 is 1.02 bits per heavy atom. The van der Waals surface area contributed by atoms with Gasteiger partial charge >= 0.3 is 11.9 Å². The summed E-state index contributed by atoms with van der Waals surface area (Å²) >= 11 is 1.21. The molecule has 0 saturated heterocycles. The number of esters is 2. The highest BCUT2D eigenvalue weighted by Gasteiger charge is 2.33. The van der Waals surface area contributed by atoms with Crippen LogP contribution in [0.2, 0.25) is 0 Å². The molecule has 0 fully saturated rings. The molecule has 1 aliphatic rings. The minimum absolute atomic E-state index is 0.00406. The number of furan rings is 1. The van der Waals surface area contributed by atoms with Crippen LogP contribution < -0.4 is 19.6 Å². The molecule has 0 radical (unpaired) electrons. The summed E-state index contributed by atoms with van der Waals surface area (Å²) in [4.78, 5) is 44.3. The molecule has 1 aliphatic heterocycles. The van der Waals surface area contributed by atoms with E-state index in [-0.39, 0.29) is 24.9 Å². The molecule has 3 heterocycles. The maximum atomic E-state index is 13.9. The predicted octanol–water partition coefficient (Wildman–Crippen LogP) is 5.02. The van der Waals surface area contributed by atoms with Gasteiger partial charge in [-0.15, -0.1) is 0 Å². The second kappa shape index (κ2) is 12.7. The Morgan fingerprint density at radius 3 is 2.44 bits per heavy atom. The molecule has 9 nitrogen and oxygen atoms in total. The molecule has 0 bridgehead atoms. The van der Waals surface area contributed by atoms with Crippen LogP contribution in [0.3, 0.4) is 0 Å². The van der Waals surface area contributed by atoms with E-state index in [0.717, 1.165) is 5.56 Å². The van der Waals surface area contributed by atoms with Gasteiger partial charge in [0.25, 0.3) is 5.56 Å². The van der Waals surface area contributed by atoms with Crippen molar-refractivity contribution >= 4 is 29.4 Å². The Labute approximate surface area is 252 Å². The van der Waals surface area contributed by atoms with Gasteiger partial charge in [-0.1, -0.05) is 35.6 Å². The first-order chi connectivity index (χ1) is 20.7. The van der Waals surface area contributed by atoms with Gasteiger partial charge in [0.15, 0.2) is 4.80 Å². The lowest BCUT2D eigenvalue weighted by Gasteiger charge is -2.25. The van der Waals surface area contributed by atoms with E-state index in [1.807, 2.05) is 44.2 Å². The molecule has 4 aromatic rings. The number of ether oxygens (including phenoxy) is 3. The molecular weight excluding hydrogens is 568 g/mol. The number of allylic oxidation sites excluding steroid dienone is 1. The third kappa shape index (κ3) is 6.24. The smallest absolute Gasteiger partial charge is 0.338 e. The molecule has 0 unspecified atom stereocenters. The van der Waals surface area contributed by atoms with Crippen molar-refractivity contribution in [2.45, 2.75) is 46.8 Å². The summed E-state index contributed by atoms with van der Waals surface area (Å²) in [5.74, 6) is 0.741. The fourth-order valence-electron chi connectivity index (χ4n) is 4.84. The lowest BCUT2D eigenvalue weighted by Crippen LogP contribution is -2.39. The molecule has 2 aromatic heterocycles. The molecule has 43 heavy (non-hydrogen) atoms. The van der Waals surface area contributed by atoms with Gasteiger partial charge in [0.05, 0.1) is 46.7 Å². The fraction of sp³-hybridized carbons (Fsp3) is 0.273. The lowest BCUT2D eigenvalue weighted by atomic mass is 9.96. The number of carbonyl (C=O) groups is 2. The van der Waals surface area contributed by atoms with Crippen molar-refractivity contribution in [3.8, 4) is 17.1 Å². The highest BCUT2D eigenvalue weighted by atomic mass is 32.1. The number of hydrogen-bond acceptors (Lipinski definition) is 9. The van der Waals surface area contributed by atoms with Gasteiger partial charge in [0.1, 0.15) is 17.3 Å². The quantitative estimate of drug-likeness (QED) is 0.248. The summed E-state index contributed by atoms with van der Waals surface area (Å²) in [6, 6.07) is 17.1. The first kappa shape index (κ1) is 29.8. The number of rotatable bonds is 9. The van der Waals surface area contributed by atoms with Gasteiger partial charge in [0, 0.05) is 11.6 Å². The lowest BCUT2D eigenvalue weighted by molar-refractivity contribution is -0.139. The van der Waals surface area contributed by atoms with Crippen molar-refractivity contribution in [2.75, 3.05) is 13.2 Å². The van der Waals surface area contributed by atoms with Crippen LogP contribution in [0, 0.1) is 0 Å². The molecule has 10 heteroatoms. The Morgan fingerprint density at radius 2 is 1.74 bits per heavy atom. The first-order valence-corrected chi connectivity index (χ1v) is 14.9. The van der Waals surface area contributed by atoms with E-state index in [1.165, 1.54) is 15.9 Å². The summed E-state index contributed by atoms with van der Waals surface area (Å²) in [5.41, 5.74) is 2.32. The average Bonchev–Trinajstić information content (AvgIpc) is 3.57. The number of carbonyl (C=O) groups excluding carboxylic acids is 2. The van der Waals surface area contributed by atoms with Crippen molar-refractivity contribution in [1.82, 2.24) is 4.57 Å². The van der Waals surface area contributed by atoms with Crippen molar-refractivity contribution in [3.05, 3.63) is 109 Å². The van der Waals surface area contributed by atoms with Gasteiger partial charge in [-0.25, -0.2) is 14.6 Å². The average molecular weight is 601 g/mol. The van der Waals surface area contributed by atoms with Crippen LogP contribution in [0.4, 0.5) is 0 Å². The van der Waals surface area contributed by atoms with Crippen molar-refractivity contribution in [3.63, 3.8) is 0 Å². The number of hydrogen-bond donors (Lipinski definition) is 0. The molecule has 5 rings (SSSR count). The third-order valence-corrected chi connectivity index (χ3v) is 7.63. The summed E-state index contributed by atoms with van der Waals surface area (Å²) < 4.78 is 24.2. The van der Waals surface area contributed by atoms with E-state index in [0.29, 0.717) is 49.0 Å². The summed E-state index contributed by atoms with van der Waals surface area (Å²) in [6.07, 6.45) is 1.66. The van der Waals surface area contributed by atoms with Crippen LogP contribution in [0.25, 0.3) is 17.4 Å². The topological polar surface area (TPSA) is 109 Å². The molecule has 1 atom stereocenters. The van der Waals surface area contributed by atoms with E-state index < -0.39 is 18.0 Å². The van der Waals surface area contributed by atoms with Crippen LogP contribution in [-0.4, -0.2) is 35.8 Å². The number of aromatic nitrogens is 1. The van der Waals surface area contributed by atoms with Gasteiger partial charge in [-0.2, -0.15) is 0 Å². The van der Waals surface area contributed by atoms with Crippen molar-refractivity contribution in [1.29, 1.82) is 0 Å². The predicted molar refractivity (Wildman–Crippen MR) is 163 cm³/mol. The second-order valence-corrected chi connectivity index (χ2v) is 11.1. The van der Waals surface area contributed by atoms with Crippen LogP contribution in [0.1, 0.15) is 62.3 Å². The molecule has 0 amide bonds. The molecular formula is C33H32N2O7S. The highest BCUT2D eigenvalue weighted by Crippen LogP contribution is 2.32. The molecule has 0 aliphatic carbocycles. The normalized spacial score (nSPS) is 14.8. The van der Waals surface area contributed by atoms with E-state index in [4.69, 9.17) is 18.6 Å². The maximum absolute atomic E-state index is 13.9. The molecule has 222 valence electrons. The Bertz CT molecular complexity index is 1880. The van der Waals surface area contributed by atoms with Crippen LogP contribution in [-0.2, 0) is 14.3 Å². The van der Waals surface area contributed by atoms with Crippen LogP contribution in [0.15, 0.2) is 86.1 Å². The second-order valence-electron chi connectivity index (χ2n) is 10.0. The van der Waals surface area contributed by atoms with Crippen LogP contribution >= 0.6 is 11.3 Å². The molecule has 0 spiro atoms. The van der Waals surface area contributed by atoms with Crippen molar-refractivity contribution in [2.24, 2.45) is 4.99 Å². The van der Waals surface area contributed by atoms with Gasteiger partial charge in [-0.3, -0.25) is 9.36 Å². The monoisotopic (exact) mass is 600 g/mol. The minimum Gasteiger partial charge on any atom is -0.491 e. The van der Waals surface area contributed by atoms with E-state index in [2.05, 4.69) is 4.99 Å². The van der Waals surface area contributed by atoms with Crippen LogP contribution in [0.5, 0.6) is 5.75 Å². The fourth-order valence-corrected chi connectivity index (χ4v) is 5.86. The minimum atomic E-state index is -0.733. The summed E-state index contributed by atoms with van der Waals surface area (Å²) in [7, 11) is 0. The molecule has 0 N–H and O–H groups in total. The zero-order valence-electron chi connectivity index (χ0n) is 24.6.